The second-order valence-electron chi connectivity index (χ2n) is 2.88. The van der Waals surface area contributed by atoms with Crippen LogP contribution in [0.3, 0.4) is 0 Å². The molecule has 0 heterocycles. The van der Waals surface area contributed by atoms with E-state index in [0.717, 1.165) is 11.3 Å². The van der Waals surface area contributed by atoms with Gasteiger partial charge in [0.1, 0.15) is 6.67 Å². The van der Waals surface area contributed by atoms with Crippen LogP contribution in [0.15, 0.2) is 24.3 Å². The maximum absolute atomic E-state index is 11.8. The van der Waals surface area contributed by atoms with Crippen LogP contribution in [0.25, 0.3) is 0 Å². The van der Waals surface area contributed by atoms with Gasteiger partial charge in [-0.15, -0.1) is 0 Å². The van der Waals surface area contributed by atoms with Crippen LogP contribution in [0, 0.1) is 6.92 Å². The zero-order valence-corrected chi connectivity index (χ0v) is 8.83. The highest BCUT2D eigenvalue weighted by Gasteiger charge is 1.98. The number of anilines is 1. The molecule has 0 aliphatic heterocycles. The molecule has 0 spiro atoms. The lowest BCUT2D eigenvalue weighted by Gasteiger charge is -2.10. The Morgan fingerprint density at radius 3 is 2.79 bits per heavy atom. The van der Waals surface area contributed by atoms with Gasteiger partial charge in [0.2, 0.25) is 0 Å². The van der Waals surface area contributed by atoms with Gasteiger partial charge in [-0.1, -0.05) is 18.2 Å². The predicted molar refractivity (Wildman–Crippen MR) is 61.4 cm³/mol. The summed E-state index contributed by atoms with van der Waals surface area (Å²) in [4.78, 5) is 0. The van der Waals surface area contributed by atoms with Crippen LogP contribution in [-0.2, 0) is 0 Å². The molecule has 1 rings (SSSR count). The molecule has 0 fully saturated rings. The van der Waals surface area contributed by atoms with Crippen molar-refractivity contribution < 1.29 is 4.39 Å². The van der Waals surface area contributed by atoms with Crippen molar-refractivity contribution in [2.24, 2.45) is 0 Å². The number of rotatable bonds is 3. The Morgan fingerprint density at radius 2 is 2.14 bits per heavy atom. The molecular formula is C10H13FN2S. The third-order valence-corrected chi connectivity index (χ3v) is 2.02. The molecule has 0 bridgehead atoms. The van der Waals surface area contributed by atoms with Gasteiger partial charge in [0, 0.05) is 12.2 Å². The van der Waals surface area contributed by atoms with Crippen LogP contribution < -0.4 is 10.6 Å². The summed E-state index contributed by atoms with van der Waals surface area (Å²) < 4.78 is 11.8. The summed E-state index contributed by atoms with van der Waals surface area (Å²) in [5.74, 6) is 0. The van der Waals surface area contributed by atoms with Gasteiger partial charge < -0.3 is 10.6 Å². The van der Waals surface area contributed by atoms with Gasteiger partial charge in [-0.2, -0.15) is 0 Å². The van der Waals surface area contributed by atoms with Crippen molar-refractivity contribution in [3.63, 3.8) is 0 Å². The van der Waals surface area contributed by atoms with Crippen molar-refractivity contribution in [3.8, 4) is 0 Å². The number of halogens is 1. The Morgan fingerprint density at radius 1 is 1.43 bits per heavy atom. The minimum Gasteiger partial charge on any atom is -0.360 e. The lowest BCUT2D eigenvalue weighted by Crippen LogP contribution is -2.30. The minimum absolute atomic E-state index is 0.248. The summed E-state index contributed by atoms with van der Waals surface area (Å²) in [6.07, 6.45) is 0. The lowest BCUT2D eigenvalue weighted by atomic mass is 10.2. The summed E-state index contributed by atoms with van der Waals surface area (Å²) in [5, 5.41) is 6.21. The number of thiocarbonyl (C=S) groups is 1. The number of benzene rings is 1. The molecule has 0 saturated carbocycles. The van der Waals surface area contributed by atoms with E-state index in [2.05, 4.69) is 10.6 Å². The largest absolute Gasteiger partial charge is 0.360 e. The number of aryl methyl sites for hydroxylation is 1. The van der Waals surface area contributed by atoms with E-state index >= 15 is 0 Å². The van der Waals surface area contributed by atoms with Gasteiger partial charge in [0.05, 0.1) is 0 Å². The van der Waals surface area contributed by atoms with E-state index in [1.165, 1.54) is 0 Å². The van der Waals surface area contributed by atoms with E-state index in [-0.39, 0.29) is 6.54 Å². The zero-order chi connectivity index (χ0) is 10.4. The van der Waals surface area contributed by atoms with Crippen LogP contribution >= 0.6 is 12.2 Å². The van der Waals surface area contributed by atoms with Gasteiger partial charge in [0.15, 0.2) is 5.11 Å². The molecule has 1 aromatic carbocycles. The molecule has 0 aliphatic rings. The monoisotopic (exact) mass is 212 g/mol. The minimum atomic E-state index is -0.421. The number of nitrogens with one attached hydrogen (secondary N) is 2. The zero-order valence-electron chi connectivity index (χ0n) is 8.01. The summed E-state index contributed by atoms with van der Waals surface area (Å²) in [5.41, 5.74) is 2.06. The normalized spacial score (nSPS) is 9.57. The molecule has 1 aromatic rings. The van der Waals surface area contributed by atoms with Gasteiger partial charge in [-0.05, 0) is 30.8 Å². The maximum atomic E-state index is 11.8. The van der Waals surface area contributed by atoms with Crippen molar-refractivity contribution in [1.82, 2.24) is 5.32 Å². The lowest BCUT2D eigenvalue weighted by molar-refractivity contribution is 0.492. The average molecular weight is 212 g/mol. The fourth-order valence-electron chi connectivity index (χ4n) is 1.04. The highest BCUT2D eigenvalue weighted by atomic mass is 32.1. The Labute approximate surface area is 88.5 Å². The molecule has 0 amide bonds. The van der Waals surface area contributed by atoms with Crippen molar-refractivity contribution in [2.75, 3.05) is 18.5 Å². The second-order valence-corrected chi connectivity index (χ2v) is 3.29. The van der Waals surface area contributed by atoms with Crippen molar-refractivity contribution in [2.45, 2.75) is 6.92 Å². The van der Waals surface area contributed by atoms with Crippen LogP contribution in [0.1, 0.15) is 5.56 Å². The number of hydrogen-bond donors (Lipinski definition) is 2. The van der Waals surface area contributed by atoms with Crippen LogP contribution in [0.2, 0.25) is 0 Å². The first-order chi connectivity index (χ1) is 6.74. The molecule has 2 N–H and O–H groups in total. The molecule has 0 aliphatic carbocycles. The highest BCUT2D eigenvalue weighted by molar-refractivity contribution is 7.80. The van der Waals surface area contributed by atoms with E-state index in [4.69, 9.17) is 12.2 Å². The average Bonchev–Trinajstić information content (AvgIpc) is 2.18. The first kappa shape index (κ1) is 10.9. The summed E-state index contributed by atoms with van der Waals surface area (Å²) in [6, 6.07) is 7.80. The van der Waals surface area contributed by atoms with Crippen molar-refractivity contribution in [1.29, 1.82) is 0 Å². The molecule has 2 nitrogen and oxygen atoms in total. The molecule has 0 radical (unpaired) electrons. The fourth-order valence-corrected chi connectivity index (χ4v) is 1.25. The van der Waals surface area contributed by atoms with E-state index in [1.54, 1.807) is 0 Å². The van der Waals surface area contributed by atoms with Gasteiger partial charge in [-0.25, -0.2) is 4.39 Å². The molecule has 4 heteroatoms. The van der Waals surface area contributed by atoms with Crippen LogP contribution in [-0.4, -0.2) is 18.3 Å². The summed E-state index contributed by atoms with van der Waals surface area (Å²) in [6.45, 7) is 1.81. The first-order valence-corrected chi connectivity index (χ1v) is 4.81. The third-order valence-electron chi connectivity index (χ3n) is 1.77. The van der Waals surface area contributed by atoms with E-state index in [9.17, 15) is 4.39 Å². The molecule has 14 heavy (non-hydrogen) atoms. The van der Waals surface area contributed by atoms with Crippen molar-refractivity contribution in [3.05, 3.63) is 29.8 Å². The van der Waals surface area contributed by atoms with E-state index in [0.29, 0.717) is 5.11 Å². The standard InChI is InChI=1S/C10H13FN2S/c1-8-4-2-3-5-9(8)13-10(14)12-7-6-11/h2-5H,6-7H2,1H3,(H2,12,13,14). The summed E-state index contributed by atoms with van der Waals surface area (Å²) in [7, 11) is 0. The third kappa shape index (κ3) is 3.30. The van der Waals surface area contributed by atoms with Crippen LogP contribution in [0.5, 0.6) is 0 Å². The molecule has 76 valence electrons. The fraction of sp³-hybridized carbons (Fsp3) is 0.300. The van der Waals surface area contributed by atoms with Crippen LogP contribution in [0.4, 0.5) is 10.1 Å². The molecule has 0 saturated heterocycles. The van der Waals surface area contributed by atoms with Gasteiger partial charge in [-0.3, -0.25) is 0 Å². The molecule has 0 aromatic heterocycles. The number of hydrogen-bond acceptors (Lipinski definition) is 1. The molecule has 0 unspecified atom stereocenters. The smallest absolute Gasteiger partial charge is 0.170 e. The second kappa shape index (κ2) is 5.54. The van der Waals surface area contributed by atoms with Gasteiger partial charge >= 0.3 is 0 Å². The van der Waals surface area contributed by atoms with Crippen molar-refractivity contribution >= 4 is 23.0 Å². The van der Waals surface area contributed by atoms with Gasteiger partial charge in [0.25, 0.3) is 0 Å². The first-order valence-electron chi connectivity index (χ1n) is 4.40. The number of para-hydroxylation sites is 1. The maximum Gasteiger partial charge on any atom is 0.170 e. The predicted octanol–water partition coefficient (Wildman–Crippen LogP) is 2.25. The van der Waals surface area contributed by atoms with E-state index in [1.807, 2.05) is 31.2 Å². The molecular weight excluding hydrogens is 199 g/mol. The SMILES string of the molecule is Cc1ccccc1NC(=S)NCCF. The Hall–Kier alpha value is -1.16. The highest BCUT2D eigenvalue weighted by Crippen LogP contribution is 2.12. The Balaban J connectivity index is 2.52. The Kier molecular flexibility index (Phi) is 4.32. The summed E-state index contributed by atoms with van der Waals surface area (Å²) >= 11 is 4.97. The Bertz CT molecular complexity index is 315. The number of alkyl halides is 1. The quantitative estimate of drug-likeness (QED) is 0.751. The van der Waals surface area contributed by atoms with E-state index < -0.39 is 6.67 Å². The molecule has 0 atom stereocenters. The topological polar surface area (TPSA) is 24.1 Å².